The molecule has 1 saturated heterocycles. The van der Waals surface area contributed by atoms with Crippen LogP contribution in [0.4, 0.5) is 0 Å². The first-order valence-electron chi connectivity index (χ1n) is 19.8. The number of hydrogen-bond acceptors (Lipinski definition) is 16. The number of nitrogens with one attached hydrogen (secondary N) is 1. The Hall–Kier alpha value is -1.94. The lowest BCUT2D eigenvalue weighted by Crippen LogP contribution is -2.58. The number of carbonyl (C=O) groups is 2. The molecule has 13 N–H and O–H groups in total. The molecule has 1 aliphatic heterocycles. The fourth-order valence-electron chi connectivity index (χ4n) is 6.53. The van der Waals surface area contributed by atoms with Gasteiger partial charge in [-0.2, -0.15) is 0 Å². The van der Waals surface area contributed by atoms with E-state index in [1.54, 1.807) is 19.9 Å². The summed E-state index contributed by atoms with van der Waals surface area (Å²) in [5.74, 6) is -1.27. The number of ketones is 1. The van der Waals surface area contributed by atoms with E-state index in [2.05, 4.69) is 5.32 Å². The van der Waals surface area contributed by atoms with Crippen molar-refractivity contribution >= 4 is 11.7 Å². The lowest BCUT2D eigenvalue weighted by Gasteiger charge is -2.40. The fourth-order valence-corrected chi connectivity index (χ4v) is 6.53. The highest BCUT2D eigenvalue weighted by molar-refractivity contribution is 5.81. The number of ether oxygens (including phenoxy) is 2. The van der Waals surface area contributed by atoms with E-state index in [0.717, 1.165) is 0 Å². The standard InChI is InChI=1S/C39H71NO16/c1-5-35(56-39-38(54)37(53)36(52)23(3)55-39)22(2)34(51)21-33(50)20-32(49)18-28(45)12-7-11-27(44)17-31(48)19-30(47)16-26(43)10-6-9-25(42)15-29(46)13-8-14-40-24(4)41/h6-7,10,12,22-23,25-33,35-39,42-50,52-54H,5,8-9,11,13-21H2,1-4H3,(H,40,41). The summed E-state index contributed by atoms with van der Waals surface area (Å²) >= 11 is 0. The van der Waals surface area contributed by atoms with Crippen LogP contribution in [0, 0.1) is 5.92 Å². The average Bonchev–Trinajstić information content (AvgIpc) is 3.09. The fraction of sp³-hybridized carbons (Fsp3) is 0.846. The molecule has 0 radical (unpaired) electrons. The van der Waals surface area contributed by atoms with E-state index >= 15 is 0 Å². The molecule has 16 unspecified atom stereocenters. The molecule has 16 atom stereocenters. The van der Waals surface area contributed by atoms with Gasteiger partial charge in [-0.1, -0.05) is 38.2 Å². The SMILES string of the molecule is CCC(OC1OC(C)C(O)C(O)C1O)C(C)C(=O)CC(O)CC(O)CC(O)C=CCC(O)CC(O)CC(O)CC(O)C=CCC(O)CC(O)CCCNC(C)=O. The quantitative estimate of drug-likeness (QED) is 0.0305. The number of hydrogen-bond donors (Lipinski definition) is 13. The van der Waals surface area contributed by atoms with Gasteiger partial charge in [-0.3, -0.25) is 9.59 Å². The second-order valence-corrected chi connectivity index (χ2v) is 15.3. The maximum atomic E-state index is 12.9. The van der Waals surface area contributed by atoms with Crippen LogP contribution in [0.1, 0.15) is 105 Å². The van der Waals surface area contributed by atoms with Gasteiger partial charge in [0.2, 0.25) is 5.91 Å². The van der Waals surface area contributed by atoms with E-state index in [0.29, 0.717) is 25.8 Å². The molecule has 0 saturated carbocycles. The Morgan fingerprint density at radius 2 is 1.18 bits per heavy atom. The molecule has 0 aliphatic carbocycles. The second kappa shape index (κ2) is 27.7. The number of rotatable bonds is 29. The molecule has 1 aliphatic rings. The number of amides is 1. The predicted molar refractivity (Wildman–Crippen MR) is 204 cm³/mol. The van der Waals surface area contributed by atoms with Crippen molar-refractivity contribution in [3.63, 3.8) is 0 Å². The Morgan fingerprint density at radius 1 is 0.696 bits per heavy atom. The normalized spacial score (nSPS) is 26.5. The van der Waals surface area contributed by atoms with Crippen LogP contribution >= 0.6 is 0 Å². The summed E-state index contributed by atoms with van der Waals surface area (Å²) in [7, 11) is 0. The number of aliphatic hydroxyl groups excluding tert-OH is 12. The van der Waals surface area contributed by atoms with E-state index in [4.69, 9.17) is 9.47 Å². The molecule has 0 aromatic heterocycles. The van der Waals surface area contributed by atoms with Crippen LogP contribution < -0.4 is 5.32 Å². The first kappa shape index (κ1) is 52.1. The molecule has 1 fully saturated rings. The highest BCUT2D eigenvalue weighted by atomic mass is 16.7. The molecule has 56 heavy (non-hydrogen) atoms. The van der Waals surface area contributed by atoms with Gasteiger partial charge in [-0.15, -0.1) is 0 Å². The van der Waals surface area contributed by atoms with Crippen LogP contribution in [0.2, 0.25) is 0 Å². The van der Waals surface area contributed by atoms with Crippen LogP contribution in [-0.2, 0) is 19.1 Å². The minimum Gasteiger partial charge on any atom is -0.393 e. The van der Waals surface area contributed by atoms with Gasteiger partial charge in [0, 0.05) is 38.6 Å². The molecule has 1 amide bonds. The zero-order valence-electron chi connectivity index (χ0n) is 33.2. The van der Waals surface area contributed by atoms with Crippen LogP contribution in [0.5, 0.6) is 0 Å². The Balaban J connectivity index is 2.35. The van der Waals surface area contributed by atoms with Crippen LogP contribution in [0.15, 0.2) is 24.3 Å². The van der Waals surface area contributed by atoms with Crippen molar-refractivity contribution in [3.8, 4) is 0 Å². The average molecular weight is 810 g/mol. The Labute approximate surface area is 330 Å². The second-order valence-electron chi connectivity index (χ2n) is 15.3. The van der Waals surface area contributed by atoms with E-state index in [1.165, 1.54) is 32.1 Å². The van der Waals surface area contributed by atoms with Gasteiger partial charge in [0.15, 0.2) is 6.29 Å². The van der Waals surface area contributed by atoms with Crippen LogP contribution in [0.25, 0.3) is 0 Å². The van der Waals surface area contributed by atoms with Gasteiger partial charge in [0.1, 0.15) is 24.1 Å². The van der Waals surface area contributed by atoms with E-state index in [1.807, 2.05) is 0 Å². The van der Waals surface area contributed by atoms with Crippen molar-refractivity contribution < 1.29 is 80.3 Å². The summed E-state index contributed by atoms with van der Waals surface area (Å²) in [6.07, 6.45) is -10.00. The van der Waals surface area contributed by atoms with Crippen molar-refractivity contribution in [2.24, 2.45) is 5.92 Å². The predicted octanol–water partition coefficient (Wildman–Crippen LogP) is -1.40. The Kier molecular flexibility index (Phi) is 25.8. The lowest BCUT2D eigenvalue weighted by molar-refractivity contribution is -0.306. The van der Waals surface area contributed by atoms with Crippen molar-refractivity contribution in [2.45, 2.75) is 196 Å². The molecular weight excluding hydrogens is 738 g/mol. The Bertz CT molecular complexity index is 1140. The van der Waals surface area contributed by atoms with Crippen molar-refractivity contribution in [3.05, 3.63) is 24.3 Å². The summed E-state index contributed by atoms with van der Waals surface area (Å²) in [6, 6.07) is 0. The van der Waals surface area contributed by atoms with Gasteiger partial charge in [-0.25, -0.2) is 0 Å². The van der Waals surface area contributed by atoms with Crippen LogP contribution in [0.3, 0.4) is 0 Å². The maximum Gasteiger partial charge on any atom is 0.216 e. The van der Waals surface area contributed by atoms with Crippen molar-refractivity contribution in [1.82, 2.24) is 5.32 Å². The molecule has 1 rings (SSSR count). The summed E-state index contributed by atoms with van der Waals surface area (Å²) in [6.45, 7) is 6.69. The topological polar surface area (TPSA) is 307 Å². The van der Waals surface area contributed by atoms with E-state index in [-0.39, 0.29) is 69.5 Å². The largest absolute Gasteiger partial charge is 0.393 e. The van der Waals surface area contributed by atoms with Crippen LogP contribution in [-0.4, -0.2) is 171 Å². The number of aliphatic hydroxyl groups is 12. The minimum atomic E-state index is -1.53. The zero-order chi connectivity index (χ0) is 42.5. The van der Waals surface area contributed by atoms with Gasteiger partial charge in [0.25, 0.3) is 0 Å². The zero-order valence-corrected chi connectivity index (χ0v) is 33.2. The first-order chi connectivity index (χ1) is 26.2. The Morgan fingerprint density at radius 3 is 1.70 bits per heavy atom. The third-order valence-electron chi connectivity index (χ3n) is 9.85. The van der Waals surface area contributed by atoms with Gasteiger partial charge in [-0.05, 0) is 64.7 Å². The summed E-state index contributed by atoms with van der Waals surface area (Å²) < 4.78 is 11.2. The van der Waals surface area contributed by atoms with Gasteiger partial charge in [0.05, 0.1) is 67.1 Å². The van der Waals surface area contributed by atoms with E-state index in [9.17, 15) is 70.9 Å². The lowest BCUT2D eigenvalue weighted by atomic mass is 9.91. The third-order valence-corrected chi connectivity index (χ3v) is 9.85. The van der Waals surface area contributed by atoms with Crippen molar-refractivity contribution in [2.75, 3.05) is 6.54 Å². The van der Waals surface area contributed by atoms with E-state index < -0.39 is 97.7 Å². The highest BCUT2D eigenvalue weighted by Crippen LogP contribution is 2.26. The molecule has 17 nitrogen and oxygen atoms in total. The monoisotopic (exact) mass is 809 g/mol. The minimum absolute atomic E-state index is 0.0507. The summed E-state index contributed by atoms with van der Waals surface area (Å²) in [5.41, 5.74) is 0. The smallest absolute Gasteiger partial charge is 0.216 e. The molecule has 1 heterocycles. The van der Waals surface area contributed by atoms with Gasteiger partial charge >= 0.3 is 0 Å². The molecule has 0 bridgehead atoms. The highest BCUT2D eigenvalue weighted by Gasteiger charge is 2.44. The van der Waals surface area contributed by atoms with Crippen molar-refractivity contribution in [1.29, 1.82) is 0 Å². The number of Topliss-reactive ketones (excluding diaryl/α,β-unsaturated/α-hetero) is 1. The number of carbonyl (C=O) groups excluding carboxylic acids is 2. The summed E-state index contributed by atoms with van der Waals surface area (Å²) in [5, 5.41) is 125. The molecule has 0 aromatic carbocycles. The molecular formula is C39H71NO16. The molecule has 328 valence electrons. The first-order valence-corrected chi connectivity index (χ1v) is 19.8. The third kappa shape index (κ3) is 21.7. The maximum absolute atomic E-state index is 12.9. The molecule has 0 spiro atoms. The summed E-state index contributed by atoms with van der Waals surface area (Å²) in [4.78, 5) is 23.8. The van der Waals surface area contributed by atoms with Gasteiger partial charge < -0.3 is 76.1 Å². The molecule has 0 aromatic rings. The molecule has 17 heteroatoms.